The van der Waals surface area contributed by atoms with E-state index in [-0.39, 0.29) is 0 Å². The number of ether oxygens (including phenoxy) is 1. The zero-order valence-corrected chi connectivity index (χ0v) is 15.9. The fourth-order valence-corrected chi connectivity index (χ4v) is 4.98. The Labute approximate surface area is 166 Å². The molecule has 1 atom stereocenters. The van der Waals surface area contributed by atoms with Crippen LogP contribution < -0.4 is 15.4 Å². The highest BCUT2D eigenvalue weighted by Gasteiger charge is 2.38. The first-order chi connectivity index (χ1) is 13.7. The zero-order chi connectivity index (χ0) is 19.3. The Hall–Kier alpha value is -3.43. The van der Waals surface area contributed by atoms with Gasteiger partial charge >= 0.3 is 0 Å². The van der Waals surface area contributed by atoms with E-state index in [1.165, 1.54) is 0 Å². The van der Waals surface area contributed by atoms with E-state index in [0.29, 0.717) is 17.3 Å². The van der Waals surface area contributed by atoms with Crippen LogP contribution in [0.5, 0.6) is 5.75 Å². The van der Waals surface area contributed by atoms with E-state index in [0.717, 1.165) is 31.9 Å². The Balaban J connectivity index is 1.77. The SMILES string of the molecule is COc1ccc2ccccc2c1C1N=C(N)N2C(=C1C#N)Sc1ccccc12. The van der Waals surface area contributed by atoms with Crippen LogP contribution in [-0.4, -0.2) is 13.1 Å². The highest BCUT2D eigenvalue weighted by molar-refractivity contribution is 8.03. The standard InChI is InChI=1S/C22H16N4OS/c1-27-17-11-10-13-6-2-3-7-14(13)19(17)20-15(12-23)21-26(22(24)25-20)16-8-4-5-9-18(16)28-21/h2-11,20H,1H3,(H2,24,25). The predicted octanol–water partition coefficient (Wildman–Crippen LogP) is 4.57. The summed E-state index contributed by atoms with van der Waals surface area (Å²) in [4.78, 5) is 7.68. The van der Waals surface area contributed by atoms with Crippen LogP contribution in [0.2, 0.25) is 0 Å². The number of para-hydroxylation sites is 1. The van der Waals surface area contributed by atoms with Gasteiger partial charge in [-0.2, -0.15) is 5.26 Å². The molecule has 0 spiro atoms. The summed E-state index contributed by atoms with van der Waals surface area (Å²) in [6.07, 6.45) is 0. The van der Waals surface area contributed by atoms with Crippen molar-refractivity contribution in [2.45, 2.75) is 10.9 Å². The Morgan fingerprint density at radius 2 is 1.89 bits per heavy atom. The summed E-state index contributed by atoms with van der Waals surface area (Å²) in [6, 6.07) is 21.8. The number of anilines is 1. The molecule has 28 heavy (non-hydrogen) atoms. The van der Waals surface area contributed by atoms with Crippen molar-refractivity contribution in [2.75, 3.05) is 12.0 Å². The quantitative estimate of drug-likeness (QED) is 0.701. The Morgan fingerprint density at radius 3 is 2.71 bits per heavy atom. The topological polar surface area (TPSA) is 74.6 Å². The summed E-state index contributed by atoms with van der Waals surface area (Å²) in [6.45, 7) is 0. The highest BCUT2D eigenvalue weighted by atomic mass is 32.2. The van der Waals surface area contributed by atoms with E-state index >= 15 is 0 Å². The van der Waals surface area contributed by atoms with Gasteiger partial charge < -0.3 is 10.5 Å². The Bertz CT molecular complexity index is 1220. The maximum Gasteiger partial charge on any atom is 0.202 e. The van der Waals surface area contributed by atoms with Gasteiger partial charge in [0.15, 0.2) is 0 Å². The van der Waals surface area contributed by atoms with Gasteiger partial charge in [-0.25, -0.2) is 4.99 Å². The molecule has 0 fully saturated rings. The van der Waals surface area contributed by atoms with Crippen LogP contribution in [0.3, 0.4) is 0 Å². The minimum Gasteiger partial charge on any atom is -0.496 e. The van der Waals surface area contributed by atoms with Gasteiger partial charge in [0, 0.05) is 10.5 Å². The van der Waals surface area contributed by atoms with Gasteiger partial charge in [0.1, 0.15) is 22.9 Å². The molecule has 6 heteroatoms. The zero-order valence-electron chi connectivity index (χ0n) is 15.1. The molecule has 5 rings (SSSR count). The molecule has 3 aromatic carbocycles. The summed E-state index contributed by atoms with van der Waals surface area (Å²) >= 11 is 1.56. The minimum absolute atomic E-state index is 0.381. The minimum atomic E-state index is -0.515. The molecule has 136 valence electrons. The molecule has 0 aliphatic carbocycles. The van der Waals surface area contributed by atoms with Crippen molar-refractivity contribution in [3.8, 4) is 11.8 Å². The van der Waals surface area contributed by atoms with Crippen LogP contribution >= 0.6 is 11.8 Å². The van der Waals surface area contributed by atoms with Crippen LogP contribution in [0.4, 0.5) is 5.69 Å². The third-order valence-electron chi connectivity index (χ3n) is 5.05. The highest BCUT2D eigenvalue weighted by Crippen LogP contribution is 2.52. The van der Waals surface area contributed by atoms with Crippen molar-refractivity contribution in [3.05, 3.63) is 76.8 Å². The molecule has 2 aliphatic heterocycles. The van der Waals surface area contributed by atoms with Crippen molar-refractivity contribution in [1.82, 2.24) is 0 Å². The number of methoxy groups -OCH3 is 1. The molecular weight excluding hydrogens is 368 g/mol. The molecule has 0 aromatic heterocycles. The molecule has 0 radical (unpaired) electrons. The number of benzene rings is 3. The number of thioether (sulfide) groups is 1. The molecule has 2 heterocycles. The summed E-state index contributed by atoms with van der Waals surface area (Å²) < 4.78 is 5.65. The fraction of sp³-hybridized carbons (Fsp3) is 0.0909. The number of aliphatic imine (C=N–C) groups is 1. The molecule has 2 aliphatic rings. The summed E-state index contributed by atoms with van der Waals surface area (Å²) in [5, 5.41) is 13.0. The largest absolute Gasteiger partial charge is 0.496 e. The van der Waals surface area contributed by atoms with Crippen LogP contribution in [0.1, 0.15) is 11.6 Å². The van der Waals surface area contributed by atoms with E-state index in [1.807, 2.05) is 65.6 Å². The molecule has 0 bridgehead atoms. The van der Waals surface area contributed by atoms with Crippen molar-refractivity contribution < 1.29 is 4.74 Å². The number of hydrogen-bond acceptors (Lipinski definition) is 6. The monoisotopic (exact) mass is 384 g/mol. The van der Waals surface area contributed by atoms with Gasteiger partial charge in [-0.3, -0.25) is 4.90 Å². The molecule has 1 unspecified atom stereocenters. The molecule has 0 amide bonds. The number of nitrogens with zero attached hydrogens (tertiary/aromatic N) is 3. The molecule has 3 aromatic rings. The lowest BCUT2D eigenvalue weighted by Crippen LogP contribution is -2.38. The van der Waals surface area contributed by atoms with E-state index in [4.69, 9.17) is 15.5 Å². The summed E-state index contributed by atoms with van der Waals surface area (Å²) in [5.74, 6) is 1.08. The molecule has 5 nitrogen and oxygen atoms in total. The summed E-state index contributed by atoms with van der Waals surface area (Å²) in [7, 11) is 1.63. The number of fused-ring (bicyclic) bond motifs is 4. The average Bonchev–Trinajstić information content (AvgIpc) is 3.12. The first-order valence-electron chi connectivity index (χ1n) is 8.83. The van der Waals surface area contributed by atoms with Gasteiger partial charge in [0.25, 0.3) is 0 Å². The normalized spacial score (nSPS) is 17.8. The van der Waals surface area contributed by atoms with Gasteiger partial charge in [0.05, 0.1) is 18.4 Å². The second-order valence-electron chi connectivity index (χ2n) is 6.53. The van der Waals surface area contributed by atoms with E-state index in [1.54, 1.807) is 18.9 Å². The van der Waals surface area contributed by atoms with Gasteiger partial charge in [0.2, 0.25) is 5.96 Å². The third kappa shape index (κ3) is 2.30. The molecule has 0 saturated heterocycles. The number of hydrogen-bond donors (Lipinski definition) is 1. The second-order valence-corrected chi connectivity index (χ2v) is 7.56. The number of guanidine groups is 1. The van der Waals surface area contributed by atoms with Crippen molar-refractivity contribution in [1.29, 1.82) is 5.26 Å². The second kappa shape index (κ2) is 6.32. The van der Waals surface area contributed by atoms with Crippen molar-refractivity contribution >= 4 is 34.2 Å². The van der Waals surface area contributed by atoms with Crippen LogP contribution in [0.15, 0.2) is 81.2 Å². The summed E-state index contributed by atoms with van der Waals surface area (Å²) in [5.41, 5.74) is 8.79. The number of nitrogens with two attached hydrogens (primary N) is 1. The fourth-order valence-electron chi connectivity index (χ4n) is 3.82. The Morgan fingerprint density at radius 1 is 1.11 bits per heavy atom. The van der Waals surface area contributed by atoms with Crippen molar-refractivity contribution in [2.24, 2.45) is 10.7 Å². The molecule has 2 N–H and O–H groups in total. The van der Waals surface area contributed by atoms with Crippen molar-refractivity contribution in [3.63, 3.8) is 0 Å². The lowest BCUT2D eigenvalue weighted by Gasteiger charge is -2.29. The van der Waals surface area contributed by atoms with Gasteiger partial charge in [-0.05, 0) is 29.0 Å². The first kappa shape index (κ1) is 16.7. The predicted molar refractivity (Wildman–Crippen MR) is 112 cm³/mol. The van der Waals surface area contributed by atoms with Crippen LogP contribution in [0, 0.1) is 11.3 Å². The average molecular weight is 384 g/mol. The van der Waals surface area contributed by atoms with E-state index < -0.39 is 6.04 Å². The van der Waals surface area contributed by atoms with E-state index in [2.05, 4.69) is 6.07 Å². The molecular formula is C22H16N4OS. The molecule has 0 saturated carbocycles. The maximum atomic E-state index is 10.1. The van der Waals surface area contributed by atoms with Crippen LogP contribution in [0.25, 0.3) is 10.8 Å². The first-order valence-corrected chi connectivity index (χ1v) is 9.64. The third-order valence-corrected chi connectivity index (χ3v) is 6.22. The van der Waals surface area contributed by atoms with E-state index in [9.17, 15) is 5.26 Å². The Kier molecular flexibility index (Phi) is 3.78. The van der Waals surface area contributed by atoms with Gasteiger partial charge in [-0.15, -0.1) is 0 Å². The number of nitriles is 1. The lowest BCUT2D eigenvalue weighted by atomic mass is 9.93. The van der Waals surface area contributed by atoms with Crippen LogP contribution in [-0.2, 0) is 0 Å². The smallest absolute Gasteiger partial charge is 0.202 e. The number of rotatable bonds is 2. The maximum absolute atomic E-state index is 10.1. The van der Waals surface area contributed by atoms with Gasteiger partial charge in [-0.1, -0.05) is 54.2 Å². The lowest BCUT2D eigenvalue weighted by molar-refractivity contribution is 0.409.